The van der Waals surface area contributed by atoms with E-state index in [1.807, 2.05) is 11.8 Å². The van der Waals surface area contributed by atoms with Gasteiger partial charge in [0.2, 0.25) is 5.91 Å². The number of rotatable bonds is 10. The summed E-state index contributed by atoms with van der Waals surface area (Å²) in [6.07, 6.45) is 5.09. The highest BCUT2D eigenvalue weighted by Crippen LogP contribution is 2.48. The maximum atomic E-state index is 13.4. The van der Waals surface area contributed by atoms with Crippen molar-refractivity contribution in [2.24, 2.45) is 0 Å². The number of hydrogen-bond donors (Lipinski definition) is 1. The van der Waals surface area contributed by atoms with Crippen molar-refractivity contribution >= 4 is 11.9 Å². The number of nitrogens with one attached hydrogen (secondary N) is 1. The molecule has 7 heteroatoms. The second kappa shape index (κ2) is 10.7. The van der Waals surface area contributed by atoms with Gasteiger partial charge in [-0.05, 0) is 58.7 Å². The molecule has 7 nitrogen and oxygen atoms in total. The van der Waals surface area contributed by atoms with Crippen LogP contribution in [0.4, 0.5) is 4.79 Å². The van der Waals surface area contributed by atoms with Gasteiger partial charge in [0.25, 0.3) is 0 Å². The first-order valence-electron chi connectivity index (χ1n) is 11.9. The SMILES string of the molecule is CCNC(=O)CCN1C[C@]2(CC[C@](c3ccccc3)(N(C)C)CC2)N(CCCOC)C1=O. The van der Waals surface area contributed by atoms with E-state index in [9.17, 15) is 9.59 Å². The third-order valence-electron chi connectivity index (χ3n) is 7.45. The largest absolute Gasteiger partial charge is 0.385 e. The zero-order valence-electron chi connectivity index (χ0n) is 20.2. The Kier molecular flexibility index (Phi) is 8.17. The molecule has 0 bridgehead atoms. The molecule has 0 atom stereocenters. The van der Waals surface area contributed by atoms with Crippen LogP contribution in [0.1, 0.15) is 51.0 Å². The minimum absolute atomic E-state index is 0.00605. The van der Waals surface area contributed by atoms with Crippen molar-refractivity contribution in [3.8, 4) is 0 Å². The molecule has 1 spiro atoms. The van der Waals surface area contributed by atoms with Gasteiger partial charge in [0.05, 0.1) is 5.54 Å². The predicted molar refractivity (Wildman–Crippen MR) is 126 cm³/mol. The molecule has 0 radical (unpaired) electrons. The molecule has 1 aromatic carbocycles. The van der Waals surface area contributed by atoms with Crippen LogP contribution in [0.3, 0.4) is 0 Å². The van der Waals surface area contributed by atoms with E-state index in [-0.39, 0.29) is 23.0 Å². The number of urea groups is 1. The van der Waals surface area contributed by atoms with Crippen molar-refractivity contribution in [2.75, 3.05) is 54.0 Å². The van der Waals surface area contributed by atoms with Crippen molar-refractivity contribution in [2.45, 2.75) is 56.5 Å². The van der Waals surface area contributed by atoms with E-state index < -0.39 is 0 Å². The zero-order chi connectivity index (χ0) is 23.2. The minimum Gasteiger partial charge on any atom is -0.385 e. The standard InChI is InChI=1S/C25H40N4O3/c1-5-26-22(30)12-18-28-20-24(29(23(28)31)17-9-19-32-4)13-15-25(16-14-24,27(2)3)21-10-7-6-8-11-21/h6-8,10-11H,5,9,12-20H2,1-4H3,(H,26,30)/t24-,25+. The van der Waals surface area contributed by atoms with Gasteiger partial charge < -0.3 is 19.9 Å². The van der Waals surface area contributed by atoms with Gasteiger partial charge in [-0.25, -0.2) is 4.79 Å². The molecule has 3 rings (SSSR count). The van der Waals surface area contributed by atoms with Crippen LogP contribution in [0.25, 0.3) is 0 Å². The molecule has 0 unspecified atom stereocenters. The summed E-state index contributed by atoms with van der Waals surface area (Å²) in [5.74, 6) is 0.00605. The van der Waals surface area contributed by atoms with Crippen molar-refractivity contribution in [1.29, 1.82) is 0 Å². The summed E-state index contributed by atoms with van der Waals surface area (Å²) in [5, 5.41) is 2.84. The molecule has 2 aliphatic rings. The average Bonchev–Trinajstić information content (AvgIpc) is 3.05. The molecule has 3 amide bonds. The summed E-state index contributed by atoms with van der Waals surface area (Å²) in [6, 6.07) is 10.8. The first kappa shape index (κ1) is 24.5. The lowest BCUT2D eigenvalue weighted by atomic mass is 9.68. The fraction of sp³-hybridized carbons (Fsp3) is 0.680. The Morgan fingerprint density at radius 1 is 1.12 bits per heavy atom. The molecular weight excluding hydrogens is 404 g/mol. The van der Waals surface area contributed by atoms with Gasteiger partial charge in [0, 0.05) is 51.9 Å². The van der Waals surface area contributed by atoms with Crippen LogP contribution in [-0.2, 0) is 15.1 Å². The fourth-order valence-corrected chi connectivity index (χ4v) is 5.58. The lowest BCUT2D eigenvalue weighted by Crippen LogP contribution is -2.55. The average molecular weight is 445 g/mol. The first-order valence-corrected chi connectivity index (χ1v) is 11.9. The van der Waals surface area contributed by atoms with E-state index in [0.29, 0.717) is 39.2 Å². The van der Waals surface area contributed by atoms with Crippen LogP contribution in [0, 0.1) is 0 Å². The van der Waals surface area contributed by atoms with Gasteiger partial charge in [-0.1, -0.05) is 30.3 Å². The third-order valence-corrected chi connectivity index (χ3v) is 7.45. The summed E-state index contributed by atoms with van der Waals surface area (Å²) < 4.78 is 5.26. The third kappa shape index (κ3) is 4.94. The normalized spacial score (nSPS) is 25.7. The zero-order valence-corrected chi connectivity index (χ0v) is 20.2. The van der Waals surface area contributed by atoms with Crippen LogP contribution in [0.5, 0.6) is 0 Å². The molecule has 1 aliphatic heterocycles. The van der Waals surface area contributed by atoms with Crippen molar-refractivity contribution in [1.82, 2.24) is 20.0 Å². The molecule has 1 N–H and O–H groups in total. The molecule has 1 aliphatic carbocycles. The molecule has 178 valence electrons. The minimum atomic E-state index is -0.166. The Morgan fingerprint density at radius 3 is 2.41 bits per heavy atom. The van der Waals surface area contributed by atoms with Gasteiger partial charge in [0.15, 0.2) is 0 Å². The van der Waals surface area contributed by atoms with Crippen LogP contribution < -0.4 is 5.32 Å². The Bertz CT molecular complexity index is 760. The quantitative estimate of drug-likeness (QED) is 0.564. The fourth-order valence-electron chi connectivity index (χ4n) is 5.58. The Balaban J connectivity index is 1.78. The lowest BCUT2D eigenvalue weighted by molar-refractivity contribution is -0.121. The smallest absolute Gasteiger partial charge is 0.320 e. The maximum absolute atomic E-state index is 13.4. The molecule has 1 heterocycles. The highest BCUT2D eigenvalue weighted by Gasteiger charge is 2.54. The van der Waals surface area contributed by atoms with Gasteiger partial charge in [0.1, 0.15) is 0 Å². The number of amides is 3. The number of hydrogen-bond acceptors (Lipinski definition) is 4. The van der Waals surface area contributed by atoms with Gasteiger partial charge in [-0.2, -0.15) is 0 Å². The molecule has 1 aromatic rings. The Hall–Kier alpha value is -2.12. The number of ether oxygens (including phenoxy) is 1. The van der Waals surface area contributed by atoms with Crippen LogP contribution in [0.15, 0.2) is 30.3 Å². The maximum Gasteiger partial charge on any atom is 0.320 e. The molecule has 1 saturated heterocycles. The number of carbonyl (C=O) groups excluding carboxylic acids is 2. The van der Waals surface area contributed by atoms with Crippen LogP contribution >= 0.6 is 0 Å². The van der Waals surface area contributed by atoms with E-state index in [1.54, 1.807) is 7.11 Å². The summed E-state index contributed by atoms with van der Waals surface area (Å²) in [4.78, 5) is 31.7. The summed E-state index contributed by atoms with van der Waals surface area (Å²) >= 11 is 0. The summed E-state index contributed by atoms with van der Waals surface area (Å²) in [7, 11) is 6.03. The van der Waals surface area contributed by atoms with E-state index in [4.69, 9.17) is 4.74 Å². The molecule has 1 saturated carbocycles. The monoisotopic (exact) mass is 444 g/mol. The van der Waals surface area contributed by atoms with Crippen LogP contribution in [-0.4, -0.2) is 86.2 Å². The van der Waals surface area contributed by atoms with Crippen molar-refractivity contribution in [3.05, 3.63) is 35.9 Å². The highest BCUT2D eigenvalue weighted by molar-refractivity contribution is 5.80. The van der Waals surface area contributed by atoms with Crippen molar-refractivity contribution < 1.29 is 14.3 Å². The van der Waals surface area contributed by atoms with Gasteiger partial charge in [-0.3, -0.25) is 9.69 Å². The van der Waals surface area contributed by atoms with Gasteiger partial charge in [-0.15, -0.1) is 0 Å². The topological polar surface area (TPSA) is 65.1 Å². The second-order valence-electron chi connectivity index (χ2n) is 9.42. The highest BCUT2D eigenvalue weighted by atomic mass is 16.5. The van der Waals surface area contributed by atoms with E-state index in [1.165, 1.54) is 5.56 Å². The Labute approximate surface area is 193 Å². The van der Waals surface area contributed by atoms with E-state index >= 15 is 0 Å². The Morgan fingerprint density at radius 2 is 1.81 bits per heavy atom. The number of nitrogens with zero attached hydrogens (tertiary/aromatic N) is 3. The number of benzene rings is 1. The van der Waals surface area contributed by atoms with Gasteiger partial charge >= 0.3 is 6.03 Å². The van der Waals surface area contributed by atoms with Crippen LogP contribution in [0.2, 0.25) is 0 Å². The number of carbonyl (C=O) groups is 2. The molecule has 2 fully saturated rings. The first-order chi connectivity index (χ1) is 15.4. The number of methoxy groups -OCH3 is 1. The molecule has 0 aromatic heterocycles. The summed E-state index contributed by atoms with van der Waals surface area (Å²) in [6.45, 7) is 5.05. The second-order valence-corrected chi connectivity index (χ2v) is 9.42. The summed E-state index contributed by atoms with van der Waals surface area (Å²) in [5.41, 5.74) is 1.17. The molecule has 32 heavy (non-hydrogen) atoms. The lowest BCUT2D eigenvalue weighted by Gasteiger charge is -2.51. The molecular formula is C25H40N4O3. The van der Waals surface area contributed by atoms with E-state index in [0.717, 1.165) is 32.1 Å². The van der Waals surface area contributed by atoms with E-state index in [2.05, 4.69) is 59.5 Å². The van der Waals surface area contributed by atoms with Crippen molar-refractivity contribution in [3.63, 3.8) is 0 Å². The predicted octanol–water partition coefficient (Wildman–Crippen LogP) is 3.06.